The van der Waals surface area contributed by atoms with E-state index in [0.717, 1.165) is 17.6 Å². The Kier molecular flexibility index (Phi) is 5.67. The van der Waals surface area contributed by atoms with Gasteiger partial charge in [-0.2, -0.15) is 0 Å². The maximum atomic E-state index is 13.0. The summed E-state index contributed by atoms with van der Waals surface area (Å²) >= 11 is 1.14. The van der Waals surface area contributed by atoms with Crippen LogP contribution in [-0.2, 0) is 19.9 Å². The lowest BCUT2D eigenvalue weighted by Crippen LogP contribution is -2.27. The summed E-state index contributed by atoms with van der Waals surface area (Å²) in [7, 11) is -7.21. The molecule has 0 bridgehead atoms. The number of hydrogen-bond acceptors (Lipinski definition) is 6. The van der Waals surface area contributed by atoms with Crippen molar-refractivity contribution in [2.75, 3.05) is 6.26 Å². The molecule has 0 saturated heterocycles. The van der Waals surface area contributed by atoms with E-state index < -0.39 is 25.9 Å². The lowest BCUT2D eigenvalue weighted by molar-refractivity contribution is 0.563. The molecule has 3 aromatic rings. The first-order valence-corrected chi connectivity index (χ1v) is 12.4. The minimum absolute atomic E-state index is 0.128. The zero-order valence-corrected chi connectivity index (χ0v) is 17.4. The van der Waals surface area contributed by atoms with Gasteiger partial charge in [0.25, 0.3) is 10.0 Å². The number of sulfone groups is 1. The predicted octanol–water partition coefficient (Wildman–Crippen LogP) is 3.39. The summed E-state index contributed by atoms with van der Waals surface area (Å²) in [4.78, 5) is 4.30. The molecule has 0 saturated carbocycles. The van der Waals surface area contributed by atoms with Crippen molar-refractivity contribution in [1.29, 1.82) is 0 Å². The Balaban J connectivity index is 1.79. The van der Waals surface area contributed by atoms with E-state index in [1.54, 1.807) is 19.1 Å². The third-order valence-corrected chi connectivity index (χ3v) is 7.58. The van der Waals surface area contributed by atoms with Crippen LogP contribution in [0.25, 0.3) is 10.6 Å². The molecule has 1 atom stereocenters. The third kappa shape index (κ3) is 4.64. The van der Waals surface area contributed by atoms with Gasteiger partial charge in [-0.25, -0.2) is 30.9 Å². The molecule has 0 aliphatic rings. The maximum absolute atomic E-state index is 13.0. The molecule has 1 heterocycles. The summed E-state index contributed by atoms with van der Waals surface area (Å²) in [6.07, 6.45) is 1.11. The number of thiazole rings is 1. The molecule has 0 aliphatic heterocycles. The van der Waals surface area contributed by atoms with Gasteiger partial charge in [-0.05, 0) is 48.9 Å². The second-order valence-corrected chi connectivity index (χ2v) is 10.7. The second-order valence-electron chi connectivity index (χ2n) is 6.18. The van der Waals surface area contributed by atoms with Crippen molar-refractivity contribution in [2.45, 2.75) is 22.9 Å². The number of sulfonamides is 1. The normalized spacial score (nSPS) is 13.4. The van der Waals surface area contributed by atoms with Gasteiger partial charge in [0.1, 0.15) is 10.8 Å². The number of nitrogens with zero attached hydrogens (tertiary/aromatic N) is 1. The summed E-state index contributed by atoms with van der Waals surface area (Å²) in [6, 6.07) is 11.0. The minimum Gasteiger partial charge on any atom is -0.224 e. The summed E-state index contributed by atoms with van der Waals surface area (Å²) < 4.78 is 63.9. The predicted molar refractivity (Wildman–Crippen MR) is 106 cm³/mol. The Morgan fingerprint density at radius 1 is 1.00 bits per heavy atom. The summed E-state index contributed by atoms with van der Waals surface area (Å²) in [5, 5.41) is 1.75. The zero-order chi connectivity index (χ0) is 20.5. The number of aromatic nitrogens is 1. The van der Waals surface area contributed by atoms with Crippen molar-refractivity contribution in [3.8, 4) is 10.6 Å². The standard InChI is InChI=1S/C18H17FN2O4S3/c1-12(13-5-9-16(10-6-13)27(2,22)23)21-28(24,25)17-11-26-18(20-17)14-3-7-15(19)8-4-14/h3-12,21H,1-2H3. The van der Waals surface area contributed by atoms with Gasteiger partial charge in [-0.15, -0.1) is 11.3 Å². The van der Waals surface area contributed by atoms with Gasteiger partial charge in [0, 0.05) is 23.2 Å². The highest BCUT2D eigenvalue weighted by molar-refractivity contribution is 7.90. The summed E-state index contributed by atoms with van der Waals surface area (Å²) in [5.74, 6) is -0.384. The number of hydrogen-bond donors (Lipinski definition) is 1. The highest BCUT2D eigenvalue weighted by Crippen LogP contribution is 2.26. The smallest absolute Gasteiger partial charge is 0.224 e. The Bertz CT molecular complexity index is 1190. The first-order chi connectivity index (χ1) is 13.1. The summed E-state index contributed by atoms with van der Waals surface area (Å²) in [6.45, 7) is 1.65. The monoisotopic (exact) mass is 440 g/mol. The van der Waals surface area contributed by atoms with Crippen molar-refractivity contribution in [3.05, 3.63) is 65.3 Å². The Morgan fingerprint density at radius 3 is 2.18 bits per heavy atom. The third-order valence-electron chi connectivity index (χ3n) is 3.99. The Labute approximate surface area is 167 Å². The van der Waals surface area contributed by atoms with Crippen LogP contribution in [0.4, 0.5) is 4.39 Å². The van der Waals surface area contributed by atoms with Crippen molar-refractivity contribution in [3.63, 3.8) is 0 Å². The molecule has 28 heavy (non-hydrogen) atoms. The molecule has 3 rings (SSSR count). The average molecular weight is 441 g/mol. The van der Waals surface area contributed by atoms with Crippen LogP contribution in [0.5, 0.6) is 0 Å². The van der Waals surface area contributed by atoms with Crippen LogP contribution >= 0.6 is 11.3 Å². The molecule has 6 nitrogen and oxygen atoms in total. The molecule has 0 spiro atoms. The van der Waals surface area contributed by atoms with Crippen LogP contribution in [0.2, 0.25) is 0 Å². The molecule has 1 unspecified atom stereocenters. The first kappa shape index (κ1) is 20.6. The SMILES string of the molecule is CC(NS(=O)(=O)c1csc(-c2ccc(F)cc2)n1)c1ccc(S(C)(=O)=O)cc1. The van der Waals surface area contributed by atoms with Crippen LogP contribution < -0.4 is 4.72 Å². The molecule has 0 radical (unpaired) electrons. The van der Waals surface area contributed by atoms with Gasteiger partial charge in [0.05, 0.1) is 4.90 Å². The number of benzene rings is 2. The fourth-order valence-electron chi connectivity index (χ4n) is 2.47. The highest BCUT2D eigenvalue weighted by Gasteiger charge is 2.22. The molecule has 148 valence electrons. The average Bonchev–Trinajstić information content (AvgIpc) is 3.12. The zero-order valence-electron chi connectivity index (χ0n) is 15.0. The molecule has 0 fully saturated rings. The van der Waals surface area contributed by atoms with E-state index in [1.807, 2.05) is 0 Å². The van der Waals surface area contributed by atoms with E-state index in [9.17, 15) is 21.2 Å². The minimum atomic E-state index is -3.88. The fraction of sp³-hybridized carbons (Fsp3) is 0.167. The van der Waals surface area contributed by atoms with Crippen LogP contribution in [0, 0.1) is 5.82 Å². The van der Waals surface area contributed by atoms with Gasteiger partial charge >= 0.3 is 0 Å². The second kappa shape index (κ2) is 7.70. The van der Waals surface area contributed by atoms with E-state index in [0.29, 0.717) is 16.1 Å². The van der Waals surface area contributed by atoms with E-state index in [2.05, 4.69) is 9.71 Å². The van der Waals surface area contributed by atoms with Crippen LogP contribution in [0.1, 0.15) is 18.5 Å². The van der Waals surface area contributed by atoms with Crippen molar-refractivity contribution in [2.24, 2.45) is 0 Å². The van der Waals surface area contributed by atoms with Crippen LogP contribution in [-0.4, -0.2) is 28.1 Å². The van der Waals surface area contributed by atoms with E-state index in [4.69, 9.17) is 0 Å². The highest BCUT2D eigenvalue weighted by atomic mass is 32.2. The number of nitrogens with one attached hydrogen (secondary N) is 1. The van der Waals surface area contributed by atoms with Gasteiger partial charge in [0.15, 0.2) is 14.9 Å². The maximum Gasteiger partial charge on any atom is 0.259 e. The molecule has 1 N–H and O–H groups in total. The lowest BCUT2D eigenvalue weighted by atomic mass is 10.1. The topological polar surface area (TPSA) is 93.2 Å². The molecule has 0 aliphatic carbocycles. The molecule has 10 heteroatoms. The van der Waals surface area contributed by atoms with Gasteiger partial charge in [-0.1, -0.05) is 12.1 Å². The molecule has 0 amide bonds. The quantitative estimate of drug-likeness (QED) is 0.634. The van der Waals surface area contributed by atoms with Crippen molar-refractivity contribution in [1.82, 2.24) is 9.71 Å². The lowest BCUT2D eigenvalue weighted by Gasteiger charge is -2.14. The van der Waals surface area contributed by atoms with E-state index >= 15 is 0 Å². The fourth-order valence-corrected chi connectivity index (χ4v) is 5.43. The van der Waals surface area contributed by atoms with Gasteiger partial charge < -0.3 is 0 Å². The Morgan fingerprint density at radius 2 is 1.61 bits per heavy atom. The molecular weight excluding hydrogens is 423 g/mol. The molecular formula is C18H17FN2O4S3. The van der Waals surface area contributed by atoms with E-state index in [1.165, 1.54) is 41.8 Å². The van der Waals surface area contributed by atoms with Crippen molar-refractivity contribution < 1.29 is 21.2 Å². The number of rotatable bonds is 6. The molecule has 1 aromatic heterocycles. The first-order valence-electron chi connectivity index (χ1n) is 8.10. The van der Waals surface area contributed by atoms with Crippen LogP contribution in [0.15, 0.2) is 63.8 Å². The van der Waals surface area contributed by atoms with Gasteiger partial charge in [0.2, 0.25) is 0 Å². The largest absolute Gasteiger partial charge is 0.259 e. The van der Waals surface area contributed by atoms with E-state index in [-0.39, 0.29) is 15.7 Å². The van der Waals surface area contributed by atoms with Crippen molar-refractivity contribution >= 4 is 31.2 Å². The number of halogens is 1. The summed E-state index contributed by atoms with van der Waals surface area (Å²) in [5.41, 5.74) is 1.24. The van der Waals surface area contributed by atoms with Gasteiger partial charge in [-0.3, -0.25) is 0 Å². The Hall–Kier alpha value is -2.14. The molecule has 2 aromatic carbocycles. The van der Waals surface area contributed by atoms with Crippen LogP contribution in [0.3, 0.4) is 0 Å².